The third-order valence-electron chi connectivity index (χ3n) is 7.06. The van der Waals surface area contributed by atoms with Gasteiger partial charge in [-0.15, -0.1) is 0 Å². The van der Waals surface area contributed by atoms with E-state index in [2.05, 4.69) is 4.98 Å². The Balaban J connectivity index is 1.29. The van der Waals surface area contributed by atoms with Crippen LogP contribution in [-0.2, 0) is 20.7 Å². The van der Waals surface area contributed by atoms with Crippen LogP contribution < -0.4 is 4.90 Å². The standard InChI is InChI=1S/C27H28N2O4/c1-17-25(21-11-5-6-12-22(21)28-17)24(30)16-33-27(32)20-10-4-3-9-19(20)26(31)29-15-14-18-8-2-7-13-23(18)29/h2,5-8,11-13,19-20,28H,3-4,9-10,14-16H2,1H3. The Morgan fingerprint density at radius 3 is 2.58 bits per heavy atom. The average molecular weight is 445 g/mol. The molecule has 2 heterocycles. The number of fused-ring (bicyclic) bond motifs is 2. The van der Waals surface area contributed by atoms with Crippen molar-refractivity contribution in [3.63, 3.8) is 0 Å². The van der Waals surface area contributed by atoms with Gasteiger partial charge in [-0.25, -0.2) is 0 Å². The first-order valence-electron chi connectivity index (χ1n) is 11.7. The topological polar surface area (TPSA) is 79.5 Å². The highest BCUT2D eigenvalue weighted by Crippen LogP contribution is 2.36. The second kappa shape index (κ2) is 8.85. The molecule has 1 N–H and O–H groups in total. The van der Waals surface area contributed by atoms with E-state index in [1.54, 1.807) is 0 Å². The first kappa shape index (κ1) is 21.4. The fraction of sp³-hybridized carbons (Fsp3) is 0.370. The molecule has 1 fully saturated rings. The van der Waals surface area contributed by atoms with Crippen LogP contribution in [0.15, 0.2) is 48.5 Å². The number of hydrogen-bond donors (Lipinski definition) is 1. The minimum absolute atomic E-state index is 0.000370. The normalized spacial score (nSPS) is 20.0. The molecule has 1 aromatic heterocycles. The molecule has 0 spiro atoms. The summed E-state index contributed by atoms with van der Waals surface area (Å²) in [5.41, 5.74) is 4.32. The van der Waals surface area contributed by atoms with Crippen LogP contribution in [0.3, 0.4) is 0 Å². The summed E-state index contributed by atoms with van der Waals surface area (Å²) in [5, 5.41) is 0.828. The summed E-state index contributed by atoms with van der Waals surface area (Å²) in [6, 6.07) is 15.5. The number of aromatic amines is 1. The molecule has 6 heteroatoms. The summed E-state index contributed by atoms with van der Waals surface area (Å²) in [7, 11) is 0. The number of nitrogens with one attached hydrogen (secondary N) is 1. The number of aromatic nitrogens is 1. The molecule has 1 saturated carbocycles. The van der Waals surface area contributed by atoms with E-state index in [1.165, 1.54) is 5.56 Å². The number of esters is 1. The summed E-state index contributed by atoms with van der Waals surface area (Å²) in [6.45, 7) is 2.18. The molecule has 33 heavy (non-hydrogen) atoms. The van der Waals surface area contributed by atoms with Crippen molar-refractivity contribution in [2.24, 2.45) is 11.8 Å². The van der Waals surface area contributed by atoms with Crippen molar-refractivity contribution in [2.45, 2.75) is 39.0 Å². The van der Waals surface area contributed by atoms with E-state index < -0.39 is 17.8 Å². The largest absolute Gasteiger partial charge is 0.457 e. The molecule has 1 aliphatic carbocycles. The van der Waals surface area contributed by atoms with E-state index in [9.17, 15) is 14.4 Å². The molecule has 0 radical (unpaired) electrons. The summed E-state index contributed by atoms with van der Waals surface area (Å²) in [4.78, 5) is 44.4. The molecule has 2 unspecified atom stereocenters. The lowest BCUT2D eigenvalue weighted by Crippen LogP contribution is -2.42. The van der Waals surface area contributed by atoms with Crippen LogP contribution in [0.2, 0.25) is 0 Å². The monoisotopic (exact) mass is 444 g/mol. The maximum atomic E-state index is 13.4. The van der Waals surface area contributed by atoms with E-state index in [0.29, 0.717) is 24.9 Å². The number of ether oxygens (including phenoxy) is 1. The van der Waals surface area contributed by atoms with Gasteiger partial charge in [0.05, 0.1) is 11.8 Å². The third kappa shape index (κ3) is 3.94. The molecular formula is C27H28N2O4. The molecule has 2 aromatic carbocycles. The van der Waals surface area contributed by atoms with Gasteiger partial charge in [0.25, 0.3) is 0 Å². The van der Waals surface area contributed by atoms with Gasteiger partial charge in [-0.05, 0) is 43.9 Å². The molecule has 170 valence electrons. The fourth-order valence-electron chi connectivity index (χ4n) is 5.43. The molecule has 3 aromatic rings. The van der Waals surface area contributed by atoms with Crippen LogP contribution >= 0.6 is 0 Å². The zero-order valence-corrected chi connectivity index (χ0v) is 18.8. The van der Waals surface area contributed by atoms with E-state index in [1.807, 2.05) is 60.4 Å². The van der Waals surface area contributed by atoms with Crippen molar-refractivity contribution < 1.29 is 19.1 Å². The lowest BCUT2D eigenvalue weighted by molar-refractivity contribution is -0.153. The molecule has 1 aliphatic heterocycles. The van der Waals surface area contributed by atoms with E-state index in [-0.39, 0.29) is 18.3 Å². The number of carbonyl (C=O) groups is 3. The number of rotatable bonds is 5. The lowest BCUT2D eigenvalue weighted by atomic mass is 9.78. The minimum Gasteiger partial charge on any atom is -0.457 e. The molecule has 2 aliphatic rings. The Bertz CT molecular complexity index is 1230. The average Bonchev–Trinajstić information content (AvgIpc) is 3.42. The first-order valence-corrected chi connectivity index (χ1v) is 11.7. The minimum atomic E-state index is -0.504. The molecule has 1 amide bonds. The molecule has 5 rings (SSSR count). The van der Waals surface area contributed by atoms with Gasteiger partial charge in [0.15, 0.2) is 6.61 Å². The summed E-state index contributed by atoms with van der Waals surface area (Å²) in [5.74, 6) is -1.57. The maximum absolute atomic E-state index is 13.4. The number of para-hydroxylation sites is 2. The SMILES string of the molecule is Cc1[nH]c2ccccc2c1C(=O)COC(=O)C1CCCCC1C(=O)N1CCc2ccccc21. The van der Waals surface area contributed by atoms with Gasteiger partial charge in [-0.2, -0.15) is 0 Å². The predicted octanol–water partition coefficient (Wildman–Crippen LogP) is 4.60. The highest BCUT2D eigenvalue weighted by Gasteiger charge is 2.40. The number of carbonyl (C=O) groups excluding carboxylic acids is 3. The van der Waals surface area contributed by atoms with Crippen LogP contribution in [0.25, 0.3) is 10.9 Å². The van der Waals surface area contributed by atoms with Crippen molar-refractivity contribution >= 4 is 34.3 Å². The van der Waals surface area contributed by atoms with Crippen LogP contribution in [0.1, 0.15) is 47.3 Å². The van der Waals surface area contributed by atoms with Gasteiger partial charge in [0.2, 0.25) is 11.7 Å². The third-order valence-corrected chi connectivity index (χ3v) is 7.06. The van der Waals surface area contributed by atoms with Crippen LogP contribution in [0.4, 0.5) is 5.69 Å². The maximum Gasteiger partial charge on any atom is 0.310 e. The van der Waals surface area contributed by atoms with Crippen molar-refractivity contribution in [3.8, 4) is 0 Å². The van der Waals surface area contributed by atoms with Gasteiger partial charge in [-0.1, -0.05) is 49.2 Å². The second-order valence-electron chi connectivity index (χ2n) is 9.07. The van der Waals surface area contributed by atoms with Crippen LogP contribution in [-0.4, -0.2) is 35.8 Å². The van der Waals surface area contributed by atoms with Crippen molar-refractivity contribution in [2.75, 3.05) is 18.1 Å². The summed E-state index contributed by atoms with van der Waals surface area (Å²) in [6.07, 6.45) is 3.93. The number of Topliss-reactive ketones (excluding diaryl/α,β-unsaturated/α-hetero) is 1. The quantitative estimate of drug-likeness (QED) is 0.461. The van der Waals surface area contributed by atoms with Gasteiger partial charge >= 0.3 is 5.97 Å². The van der Waals surface area contributed by atoms with E-state index in [0.717, 1.165) is 41.5 Å². The predicted molar refractivity (Wildman–Crippen MR) is 126 cm³/mol. The second-order valence-corrected chi connectivity index (χ2v) is 9.07. The van der Waals surface area contributed by atoms with Gasteiger partial charge in [-0.3, -0.25) is 14.4 Å². The number of aryl methyl sites for hydroxylation is 1. The number of ketones is 1. The Morgan fingerprint density at radius 2 is 1.73 bits per heavy atom. The molecule has 0 bridgehead atoms. The number of amides is 1. The molecule has 0 saturated heterocycles. The highest BCUT2D eigenvalue weighted by molar-refractivity contribution is 6.10. The Kier molecular flexibility index (Phi) is 5.75. The van der Waals surface area contributed by atoms with E-state index in [4.69, 9.17) is 4.74 Å². The number of nitrogens with zero attached hydrogens (tertiary/aromatic N) is 1. The summed E-state index contributed by atoms with van der Waals surface area (Å²) < 4.78 is 5.51. The van der Waals surface area contributed by atoms with Gasteiger partial charge in [0.1, 0.15) is 0 Å². The molecular weight excluding hydrogens is 416 g/mol. The van der Waals surface area contributed by atoms with Crippen LogP contribution in [0.5, 0.6) is 0 Å². The van der Waals surface area contributed by atoms with Gasteiger partial charge in [0, 0.05) is 34.4 Å². The van der Waals surface area contributed by atoms with Crippen molar-refractivity contribution in [3.05, 3.63) is 65.4 Å². The Labute approximate surface area is 192 Å². The number of hydrogen-bond acceptors (Lipinski definition) is 4. The Morgan fingerprint density at radius 1 is 1.00 bits per heavy atom. The Hall–Kier alpha value is -3.41. The zero-order valence-electron chi connectivity index (χ0n) is 18.8. The first-order chi connectivity index (χ1) is 16.0. The summed E-state index contributed by atoms with van der Waals surface area (Å²) >= 11 is 0. The van der Waals surface area contributed by atoms with Gasteiger partial charge < -0.3 is 14.6 Å². The number of H-pyrrole nitrogens is 1. The van der Waals surface area contributed by atoms with Crippen LogP contribution in [0, 0.1) is 18.8 Å². The fourth-order valence-corrected chi connectivity index (χ4v) is 5.43. The number of benzene rings is 2. The highest BCUT2D eigenvalue weighted by atomic mass is 16.5. The molecule has 2 atom stereocenters. The number of anilines is 1. The molecule has 6 nitrogen and oxygen atoms in total. The smallest absolute Gasteiger partial charge is 0.310 e. The lowest BCUT2D eigenvalue weighted by Gasteiger charge is -2.32. The zero-order chi connectivity index (χ0) is 22.9. The van der Waals surface area contributed by atoms with E-state index >= 15 is 0 Å². The van der Waals surface area contributed by atoms with Crippen molar-refractivity contribution in [1.29, 1.82) is 0 Å². The van der Waals surface area contributed by atoms with Crippen molar-refractivity contribution in [1.82, 2.24) is 4.98 Å².